The lowest BCUT2D eigenvalue weighted by molar-refractivity contribution is 0.0696. The molecule has 3 rings (SSSR count). The number of nitrogens with zero attached hydrogens (tertiary/aromatic N) is 1. The van der Waals surface area contributed by atoms with Gasteiger partial charge >= 0.3 is 12.1 Å². The number of cyclic esters (lactones) is 1. The largest absolute Gasteiger partial charge is 0.478 e. The molecule has 0 aromatic heterocycles. The Balaban J connectivity index is 1.65. The molecule has 1 aliphatic rings. The molecular formula is C19H20N4O4. The summed E-state index contributed by atoms with van der Waals surface area (Å²) in [7, 11) is 0. The third-order valence-electron chi connectivity index (χ3n) is 4.41. The maximum absolute atomic E-state index is 12.2. The van der Waals surface area contributed by atoms with E-state index in [-0.39, 0.29) is 23.5 Å². The minimum atomic E-state index is -0.981. The number of carbonyl (C=O) groups is 2. The second kappa shape index (κ2) is 7.36. The average molecular weight is 368 g/mol. The first kappa shape index (κ1) is 18.2. The van der Waals surface area contributed by atoms with Crippen LogP contribution in [0.4, 0.5) is 16.2 Å². The van der Waals surface area contributed by atoms with E-state index in [1.54, 1.807) is 36.4 Å². The van der Waals surface area contributed by atoms with Crippen LogP contribution in [0.25, 0.3) is 0 Å². The molecule has 8 heteroatoms. The van der Waals surface area contributed by atoms with Crippen molar-refractivity contribution >= 4 is 29.3 Å². The summed E-state index contributed by atoms with van der Waals surface area (Å²) in [5, 5.41) is 19.6. The van der Waals surface area contributed by atoms with Gasteiger partial charge in [-0.3, -0.25) is 10.3 Å². The lowest BCUT2D eigenvalue weighted by Crippen LogP contribution is -2.34. The Labute approximate surface area is 156 Å². The Hall–Kier alpha value is -3.55. The average Bonchev–Trinajstić information content (AvgIpc) is 3.04. The van der Waals surface area contributed by atoms with Crippen LogP contribution in [0, 0.1) is 5.41 Å². The van der Waals surface area contributed by atoms with Gasteiger partial charge in [0.25, 0.3) is 0 Å². The third-order valence-corrected chi connectivity index (χ3v) is 4.41. The number of amides is 1. The maximum Gasteiger partial charge on any atom is 0.414 e. The number of carboxylic acid groups (broad SMARTS) is 1. The fourth-order valence-electron chi connectivity index (χ4n) is 2.84. The van der Waals surface area contributed by atoms with Gasteiger partial charge < -0.3 is 20.9 Å². The number of carbonyl (C=O) groups excluding carboxylic acids is 1. The van der Waals surface area contributed by atoms with E-state index in [0.29, 0.717) is 17.8 Å². The minimum Gasteiger partial charge on any atom is -0.478 e. The Morgan fingerprint density at radius 3 is 2.37 bits per heavy atom. The Morgan fingerprint density at radius 2 is 1.81 bits per heavy atom. The first-order valence-electron chi connectivity index (χ1n) is 8.37. The Kier molecular flexibility index (Phi) is 4.98. The second-order valence-electron chi connectivity index (χ2n) is 6.31. The number of nitrogen functional groups attached to an aromatic ring is 1. The highest BCUT2D eigenvalue weighted by molar-refractivity contribution is 5.96. The molecule has 2 unspecified atom stereocenters. The van der Waals surface area contributed by atoms with Crippen LogP contribution >= 0.6 is 0 Å². The van der Waals surface area contributed by atoms with E-state index in [1.165, 1.54) is 17.0 Å². The van der Waals surface area contributed by atoms with Crippen LogP contribution in [0.3, 0.4) is 0 Å². The summed E-state index contributed by atoms with van der Waals surface area (Å²) in [5.74, 6) is -1.01. The highest BCUT2D eigenvalue weighted by Gasteiger charge is 2.35. The van der Waals surface area contributed by atoms with Gasteiger partial charge in [-0.15, -0.1) is 0 Å². The molecule has 2 aromatic rings. The summed E-state index contributed by atoms with van der Waals surface area (Å²) in [4.78, 5) is 24.7. The SMILES string of the molecule is CC(Nc1ccc(C(=O)O)cc1)C1CN(c2ccc(C(=N)N)cc2)C(=O)O1. The number of rotatable bonds is 6. The summed E-state index contributed by atoms with van der Waals surface area (Å²) < 4.78 is 5.47. The van der Waals surface area contributed by atoms with E-state index >= 15 is 0 Å². The highest BCUT2D eigenvalue weighted by atomic mass is 16.6. The van der Waals surface area contributed by atoms with Gasteiger partial charge in [0.05, 0.1) is 18.2 Å². The van der Waals surface area contributed by atoms with Crippen molar-refractivity contribution in [3.05, 3.63) is 59.7 Å². The molecule has 0 bridgehead atoms. The van der Waals surface area contributed by atoms with Crippen molar-refractivity contribution in [2.45, 2.75) is 19.1 Å². The highest BCUT2D eigenvalue weighted by Crippen LogP contribution is 2.24. The fourth-order valence-corrected chi connectivity index (χ4v) is 2.84. The van der Waals surface area contributed by atoms with Crippen LogP contribution in [-0.2, 0) is 4.74 Å². The number of aromatic carboxylic acids is 1. The topological polar surface area (TPSA) is 129 Å². The fraction of sp³-hybridized carbons (Fsp3) is 0.211. The molecule has 27 heavy (non-hydrogen) atoms. The van der Waals surface area contributed by atoms with Crippen LogP contribution in [0.1, 0.15) is 22.8 Å². The predicted molar refractivity (Wildman–Crippen MR) is 102 cm³/mol. The van der Waals surface area contributed by atoms with Gasteiger partial charge in [-0.05, 0) is 55.5 Å². The van der Waals surface area contributed by atoms with Crippen molar-refractivity contribution in [3.8, 4) is 0 Å². The van der Waals surface area contributed by atoms with Crippen molar-refractivity contribution < 1.29 is 19.4 Å². The summed E-state index contributed by atoms with van der Waals surface area (Å²) in [6, 6.07) is 13.0. The molecule has 1 aliphatic heterocycles. The molecule has 1 amide bonds. The van der Waals surface area contributed by atoms with Gasteiger partial charge in [-0.2, -0.15) is 0 Å². The molecule has 1 heterocycles. The van der Waals surface area contributed by atoms with E-state index < -0.39 is 12.1 Å². The van der Waals surface area contributed by atoms with Gasteiger partial charge in [0.15, 0.2) is 0 Å². The Bertz CT molecular complexity index is 864. The van der Waals surface area contributed by atoms with Crippen molar-refractivity contribution in [2.75, 3.05) is 16.8 Å². The zero-order valence-corrected chi connectivity index (χ0v) is 14.7. The van der Waals surface area contributed by atoms with Gasteiger partial charge in [-0.25, -0.2) is 9.59 Å². The van der Waals surface area contributed by atoms with E-state index in [2.05, 4.69) is 5.32 Å². The molecule has 0 saturated carbocycles. The number of benzene rings is 2. The Morgan fingerprint density at radius 1 is 1.22 bits per heavy atom. The number of hydrogen-bond donors (Lipinski definition) is 4. The summed E-state index contributed by atoms with van der Waals surface area (Å²) in [6.45, 7) is 2.27. The van der Waals surface area contributed by atoms with Gasteiger partial charge in [0, 0.05) is 16.9 Å². The molecule has 0 radical (unpaired) electrons. The molecule has 0 aliphatic carbocycles. The molecule has 0 spiro atoms. The predicted octanol–water partition coefficient (Wildman–Crippen LogP) is 2.49. The molecule has 2 aromatic carbocycles. The van der Waals surface area contributed by atoms with Crippen molar-refractivity contribution in [1.29, 1.82) is 5.41 Å². The monoisotopic (exact) mass is 368 g/mol. The lowest BCUT2D eigenvalue weighted by atomic mass is 10.1. The van der Waals surface area contributed by atoms with Crippen LogP contribution in [0.2, 0.25) is 0 Å². The van der Waals surface area contributed by atoms with Gasteiger partial charge in [-0.1, -0.05) is 0 Å². The first-order chi connectivity index (χ1) is 12.8. The number of amidine groups is 1. The first-order valence-corrected chi connectivity index (χ1v) is 8.37. The molecule has 8 nitrogen and oxygen atoms in total. The number of nitrogens with two attached hydrogens (primary N) is 1. The van der Waals surface area contributed by atoms with Crippen molar-refractivity contribution in [3.63, 3.8) is 0 Å². The normalized spacial score (nSPS) is 17.3. The van der Waals surface area contributed by atoms with E-state index in [0.717, 1.165) is 5.69 Å². The molecule has 140 valence electrons. The van der Waals surface area contributed by atoms with Crippen molar-refractivity contribution in [2.24, 2.45) is 5.73 Å². The molecule has 1 fully saturated rings. The molecular weight excluding hydrogens is 348 g/mol. The number of hydrogen-bond acceptors (Lipinski definition) is 5. The number of ether oxygens (including phenoxy) is 1. The van der Waals surface area contributed by atoms with E-state index in [1.807, 2.05) is 6.92 Å². The molecule has 1 saturated heterocycles. The second-order valence-corrected chi connectivity index (χ2v) is 6.31. The van der Waals surface area contributed by atoms with Crippen LogP contribution in [0.15, 0.2) is 48.5 Å². The maximum atomic E-state index is 12.2. The molecule has 5 N–H and O–H groups in total. The lowest BCUT2D eigenvalue weighted by Gasteiger charge is -2.20. The zero-order chi connectivity index (χ0) is 19.6. The van der Waals surface area contributed by atoms with Crippen LogP contribution < -0.4 is 16.0 Å². The van der Waals surface area contributed by atoms with Crippen LogP contribution in [0.5, 0.6) is 0 Å². The number of nitrogens with one attached hydrogen (secondary N) is 2. The smallest absolute Gasteiger partial charge is 0.414 e. The number of anilines is 2. The van der Waals surface area contributed by atoms with Crippen molar-refractivity contribution in [1.82, 2.24) is 0 Å². The van der Waals surface area contributed by atoms with E-state index in [4.69, 9.17) is 21.0 Å². The summed E-state index contributed by atoms with van der Waals surface area (Å²) in [6.07, 6.45) is -0.811. The zero-order valence-electron chi connectivity index (χ0n) is 14.7. The van der Waals surface area contributed by atoms with Gasteiger partial charge in [0.1, 0.15) is 11.9 Å². The molecule has 2 atom stereocenters. The van der Waals surface area contributed by atoms with Crippen LogP contribution in [-0.4, -0.2) is 41.7 Å². The standard InChI is InChI=1S/C19H20N4O4/c1-11(22-14-6-2-13(3-7-14)18(24)25)16-10-23(19(26)27-16)15-8-4-12(5-9-15)17(20)21/h2-9,11,16,22H,10H2,1H3,(H3,20,21)(H,24,25). The third kappa shape index (κ3) is 4.00. The quantitative estimate of drug-likeness (QED) is 0.458. The summed E-state index contributed by atoms with van der Waals surface area (Å²) in [5.41, 5.74) is 7.65. The van der Waals surface area contributed by atoms with Gasteiger partial charge in [0.2, 0.25) is 0 Å². The van der Waals surface area contributed by atoms with E-state index in [9.17, 15) is 9.59 Å². The number of carboxylic acids is 1. The minimum absolute atomic E-state index is 0.0323. The summed E-state index contributed by atoms with van der Waals surface area (Å²) >= 11 is 0.